The molecule has 0 radical (unpaired) electrons. The van der Waals surface area contributed by atoms with E-state index >= 15 is 0 Å². The maximum absolute atomic E-state index is 3.62. The Morgan fingerprint density at radius 1 is 1.20 bits per heavy atom. The monoisotopic (exact) mass is 275 g/mol. The molecule has 0 aliphatic carbocycles. The second-order valence-corrected chi connectivity index (χ2v) is 6.34. The van der Waals surface area contributed by atoms with Crippen molar-refractivity contribution in [1.29, 1.82) is 0 Å². The summed E-state index contributed by atoms with van der Waals surface area (Å²) in [5.74, 6) is 0. The van der Waals surface area contributed by atoms with Gasteiger partial charge in [0.1, 0.15) is 0 Å². The van der Waals surface area contributed by atoms with E-state index in [-0.39, 0.29) is 0 Å². The third-order valence-corrected chi connectivity index (χ3v) is 4.19. The van der Waals surface area contributed by atoms with E-state index in [0.717, 1.165) is 26.2 Å². The lowest BCUT2D eigenvalue weighted by Crippen LogP contribution is -2.53. The second-order valence-electron chi connectivity index (χ2n) is 6.34. The predicted molar refractivity (Wildman–Crippen MR) is 86.0 cm³/mol. The lowest BCUT2D eigenvalue weighted by molar-refractivity contribution is 0.0594. The number of hydrogen-bond acceptors (Lipinski definition) is 3. The molecule has 2 rings (SSSR count). The number of nitrogens with zero attached hydrogens (tertiary/aromatic N) is 2. The van der Waals surface area contributed by atoms with Crippen molar-refractivity contribution < 1.29 is 0 Å². The Labute approximate surface area is 124 Å². The van der Waals surface area contributed by atoms with Gasteiger partial charge in [0.25, 0.3) is 0 Å². The highest BCUT2D eigenvalue weighted by molar-refractivity contribution is 5.20. The van der Waals surface area contributed by atoms with Crippen molar-refractivity contribution in [3.8, 4) is 0 Å². The van der Waals surface area contributed by atoms with Gasteiger partial charge < -0.3 is 10.2 Å². The summed E-state index contributed by atoms with van der Waals surface area (Å²) in [6, 6.07) is 12.5. The average molecular weight is 275 g/mol. The quantitative estimate of drug-likeness (QED) is 0.890. The first-order valence-corrected chi connectivity index (χ1v) is 7.80. The summed E-state index contributed by atoms with van der Waals surface area (Å²) in [7, 11) is 2.22. The highest BCUT2D eigenvalue weighted by atomic mass is 15.3. The number of nitrogens with one attached hydrogen (secondary N) is 1. The van der Waals surface area contributed by atoms with Crippen molar-refractivity contribution in [2.24, 2.45) is 0 Å². The van der Waals surface area contributed by atoms with Crippen LogP contribution in [0, 0.1) is 0 Å². The van der Waals surface area contributed by atoms with Crippen molar-refractivity contribution in [3.63, 3.8) is 0 Å². The highest BCUT2D eigenvalue weighted by Gasteiger charge is 2.28. The zero-order valence-corrected chi connectivity index (χ0v) is 13.3. The molecule has 1 saturated heterocycles. The minimum absolute atomic E-state index is 0.474. The molecule has 1 aromatic rings. The number of hydrogen-bond donors (Lipinski definition) is 1. The van der Waals surface area contributed by atoms with Crippen LogP contribution in [-0.4, -0.2) is 55.1 Å². The molecule has 2 atom stereocenters. The maximum Gasteiger partial charge on any atom is 0.0476 e. The van der Waals surface area contributed by atoms with Gasteiger partial charge in [-0.25, -0.2) is 0 Å². The summed E-state index contributed by atoms with van der Waals surface area (Å²) >= 11 is 0. The van der Waals surface area contributed by atoms with Crippen LogP contribution in [0.5, 0.6) is 0 Å². The molecular formula is C17H29N3. The summed E-state index contributed by atoms with van der Waals surface area (Å²) in [5, 5.41) is 3.62. The Morgan fingerprint density at radius 2 is 1.90 bits per heavy atom. The Balaban J connectivity index is 2.13. The van der Waals surface area contributed by atoms with Gasteiger partial charge in [0.15, 0.2) is 0 Å². The van der Waals surface area contributed by atoms with Crippen LogP contribution in [0.1, 0.15) is 32.4 Å². The minimum atomic E-state index is 0.474. The molecule has 0 amide bonds. The molecule has 0 aromatic heterocycles. The Hall–Kier alpha value is -0.900. The van der Waals surface area contributed by atoms with Crippen LogP contribution >= 0.6 is 0 Å². The first kappa shape index (κ1) is 15.5. The van der Waals surface area contributed by atoms with Crippen LogP contribution in [0.25, 0.3) is 0 Å². The van der Waals surface area contributed by atoms with E-state index in [0.29, 0.717) is 18.1 Å². The first-order valence-electron chi connectivity index (χ1n) is 7.80. The van der Waals surface area contributed by atoms with E-state index in [2.05, 4.69) is 73.3 Å². The van der Waals surface area contributed by atoms with Crippen LogP contribution in [0.3, 0.4) is 0 Å². The van der Waals surface area contributed by atoms with E-state index in [1.807, 2.05) is 0 Å². The van der Waals surface area contributed by atoms with Gasteiger partial charge in [-0.1, -0.05) is 44.2 Å². The zero-order chi connectivity index (χ0) is 14.5. The fraction of sp³-hybridized carbons (Fsp3) is 0.647. The lowest BCUT2D eigenvalue weighted by Gasteiger charge is -2.43. The van der Waals surface area contributed by atoms with Crippen molar-refractivity contribution in [1.82, 2.24) is 15.1 Å². The van der Waals surface area contributed by atoms with E-state index < -0.39 is 0 Å². The Kier molecular flexibility index (Phi) is 5.58. The maximum atomic E-state index is 3.62. The molecule has 1 aliphatic heterocycles. The van der Waals surface area contributed by atoms with Gasteiger partial charge in [-0.3, -0.25) is 4.90 Å². The van der Waals surface area contributed by atoms with Crippen LogP contribution < -0.4 is 5.32 Å². The number of rotatable bonds is 5. The van der Waals surface area contributed by atoms with Gasteiger partial charge in [0.05, 0.1) is 0 Å². The zero-order valence-electron chi connectivity index (χ0n) is 13.3. The molecule has 3 heteroatoms. The van der Waals surface area contributed by atoms with Crippen LogP contribution in [0.4, 0.5) is 0 Å². The number of benzene rings is 1. The van der Waals surface area contributed by atoms with Gasteiger partial charge >= 0.3 is 0 Å². The molecule has 1 heterocycles. The van der Waals surface area contributed by atoms with Gasteiger partial charge in [0.2, 0.25) is 0 Å². The molecule has 1 aromatic carbocycles. The summed E-state index contributed by atoms with van der Waals surface area (Å²) in [6.45, 7) is 11.3. The predicted octanol–water partition coefficient (Wildman–Crippen LogP) is 2.36. The average Bonchev–Trinajstić information content (AvgIpc) is 2.42. The highest BCUT2D eigenvalue weighted by Crippen LogP contribution is 2.24. The van der Waals surface area contributed by atoms with E-state index in [1.54, 1.807) is 0 Å². The minimum Gasteiger partial charge on any atom is -0.313 e. The molecule has 1 fully saturated rings. The van der Waals surface area contributed by atoms with Gasteiger partial charge in [-0.05, 0) is 19.5 Å². The van der Waals surface area contributed by atoms with Gasteiger partial charge in [-0.2, -0.15) is 0 Å². The Morgan fingerprint density at radius 3 is 2.50 bits per heavy atom. The lowest BCUT2D eigenvalue weighted by atomic mass is 10.0. The van der Waals surface area contributed by atoms with Crippen molar-refractivity contribution in [2.45, 2.75) is 38.9 Å². The molecule has 3 nitrogen and oxygen atoms in total. The summed E-state index contributed by atoms with van der Waals surface area (Å²) in [5.41, 5.74) is 1.43. The fourth-order valence-electron chi connectivity index (χ4n) is 3.07. The van der Waals surface area contributed by atoms with Crippen LogP contribution in [-0.2, 0) is 0 Å². The van der Waals surface area contributed by atoms with Crippen molar-refractivity contribution in [2.75, 3.05) is 33.2 Å². The standard InChI is InChI=1S/C17H29N3/c1-14(2)18-12-17(16-8-6-5-7-9-16)20-11-10-19(4)13-15(20)3/h5-9,14-15,17-18H,10-13H2,1-4H3. The molecule has 0 spiro atoms. The first-order chi connectivity index (χ1) is 9.58. The van der Waals surface area contributed by atoms with E-state index in [4.69, 9.17) is 0 Å². The molecule has 20 heavy (non-hydrogen) atoms. The largest absolute Gasteiger partial charge is 0.313 e. The third kappa shape index (κ3) is 4.05. The molecule has 2 unspecified atom stereocenters. The normalized spacial score (nSPS) is 23.1. The summed E-state index contributed by atoms with van der Waals surface area (Å²) in [4.78, 5) is 5.09. The number of likely N-dealkylation sites (N-methyl/N-ethyl adjacent to an activating group) is 1. The Bertz CT molecular complexity index is 390. The van der Waals surface area contributed by atoms with E-state index in [9.17, 15) is 0 Å². The fourth-order valence-corrected chi connectivity index (χ4v) is 3.07. The molecule has 0 saturated carbocycles. The van der Waals surface area contributed by atoms with Crippen molar-refractivity contribution in [3.05, 3.63) is 35.9 Å². The molecule has 1 aliphatic rings. The second kappa shape index (κ2) is 7.21. The summed E-state index contributed by atoms with van der Waals surface area (Å²) < 4.78 is 0. The van der Waals surface area contributed by atoms with Gasteiger partial charge in [-0.15, -0.1) is 0 Å². The molecule has 0 bridgehead atoms. The van der Waals surface area contributed by atoms with Gasteiger partial charge in [0, 0.05) is 44.3 Å². The van der Waals surface area contributed by atoms with Crippen LogP contribution in [0.15, 0.2) is 30.3 Å². The third-order valence-electron chi connectivity index (χ3n) is 4.19. The molecule has 1 N–H and O–H groups in total. The SMILES string of the molecule is CC(C)NCC(c1ccccc1)N1CCN(C)CC1C. The molecule has 112 valence electrons. The summed E-state index contributed by atoms with van der Waals surface area (Å²) in [6.07, 6.45) is 0. The molecular weight excluding hydrogens is 246 g/mol. The van der Waals surface area contributed by atoms with Crippen molar-refractivity contribution >= 4 is 0 Å². The topological polar surface area (TPSA) is 18.5 Å². The number of piperazine rings is 1. The van der Waals surface area contributed by atoms with E-state index in [1.165, 1.54) is 5.56 Å². The smallest absolute Gasteiger partial charge is 0.0476 e. The van der Waals surface area contributed by atoms with Crippen LogP contribution in [0.2, 0.25) is 0 Å².